The molecule has 0 radical (unpaired) electrons. The first-order chi connectivity index (χ1) is 14.4. The number of hydrogen-bond acceptors (Lipinski definition) is 5. The summed E-state index contributed by atoms with van der Waals surface area (Å²) < 4.78 is -0.667. The molecule has 9 heteroatoms. The first kappa shape index (κ1) is 21.5. The molecule has 2 bridgehead atoms. The predicted octanol–water partition coefficient (Wildman–Crippen LogP) is 1.74. The average Bonchev–Trinajstić information content (AvgIpc) is 3.31. The van der Waals surface area contributed by atoms with Gasteiger partial charge >= 0.3 is 0 Å². The standard InChI is InChI=1S/C21H26ClN3O4S/c1-11-10-14-15(18(27)23-2)16-20(29)25(8-5-9-26)17(21(11,16)30-14)19(28)24-13-7-4-3-6-12(13)22/h3-4,6-7,11,14-17,26H,5,8-10H2,1-2H3,(H,23,27)(H,24,28)/t11?,14-,15+,16-,17?,21?/m0/s1. The van der Waals surface area contributed by atoms with E-state index in [4.69, 9.17) is 11.6 Å². The van der Waals surface area contributed by atoms with Crippen molar-refractivity contribution in [1.82, 2.24) is 10.2 Å². The monoisotopic (exact) mass is 451 g/mol. The van der Waals surface area contributed by atoms with E-state index in [9.17, 15) is 19.5 Å². The second-order valence-corrected chi connectivity index (χ2v) is 10.2. The highest BCUT2D eigenvalue weighted by Crippen LogP contribution is 2.68. The molecule has 3 unspecified atom stereocenters. The van der Waals surface area contributed by atoms with E-state index in [-0.39, 0.29) is 42.0 Å². The number of fused-ring (bicyclic) bond motifs is 1. The molecule has 1 aromatic rings. The summed E-state index contributed by atoms with van der Waals surface area (Å²) in [4.78, 5) is 41.3. The molecule has 0 saturated carbocycles. The van der Waals surface area contributed by atoms with Gasteiger partial charge in [-0.25, -0.2) is 0 Å². The number of carbonyl (C=O) groups is 3. The summed E-state index contributed by atoms with van der Waals surface area (Å²) in [7, 11) is 1.58. The number of benzene rings is 1. The Morgan fingerprint density at radius 2 is 2.07 bits per heavy atom. The second kappa shape index (κ2) is 8.05. The number of amides is 3. The molecule has 1 spiro atoms. The number of hydrogen-bond donors (Lipinski definition) is 3. The molecular weight excluding hydrogens is 426 g/mol. The van der Waals surface area contributed by atoms with Gasteiger partial charge in [0.05, 0.1) is 27.3 Å². The number of aliphatic hydroxyl groups excluding tert-OH is 1. The molecule has 0 aliphatic carbocycles. The smallest absolute Gasteiger partial charge is 0.248 e. The molecule has 3 fully saturated rings. The van der Waals surface area contributed by atoms with Crippen LogP contribution < -0.4 is 10.6 Å². The number of rotatable bonds is 6. The third kappa shape index (κ3) is 3.03. The van der Waals surface area contributed by atoms with E-state index < -0.39 is 22.6 Å². The third-order valence-corrected chi connectivity index (χ3v) is 9.14. The lowest BCUT2D eigenvalue weighted by Crippen LogP contribution is -2.55. The summed E-state index contributed by atoms with van der Waals surface area (Å²) in [6, 6.07) is 6.26. The minimum Gasteiger partial charge on any atom is -0.396 e. The van der Waals surface area contributed by atoms with Crippen LogP contribution in [0.15, 0.2) is 24.3 Å². The highest BCUT2D eigenvalue weighted by molar-refractivity contribution is 8.02. The van der Waals surface area contributed by atoms with Crippen LogP contribution in [0, 0.1) is 17.8 Å². The van der Waals surface area contributed by atoms with Crippen LogP contribution in [-0.2, 0) is 14.4 Å². The second-order valence-electron chi connectivity index (χ2n) is 8.24. The van der Waals surface area contributed by atoms with Gasteiger partial charge in [-0.05, 0) is 30.9 Å². The summed E-state index contributed by atoms with van der Waals surface area (Å²) in [5, 5.41) is 15.4. The fourth-order valence-electron chi connectivity index (χ4n) is 5.53. The molecule has 3 aliphatic rings. The molecular formula is C21H26ClN3O4S. The van der Waals surface area contributed by atoms with E-state index in [2.05, 4.69) is 17.6 Å². The number of aliphatic hydroxyl groups is 1. The van der Waals surface area contributed by atoms with E-state index >= 15 is 0 Å². The Labute approximate surface area is 184 Å². The number of likely N-dealkylation sites (tertiary alicyclic amines) is 1. The lowest BCUT2D eigenvalue weighted by atomic mass is 9.66. The Morgan fingerprint density at radius 3 is 2.73 bits per heavy atom. The first-order valence-electron chi connectivity index (χ1n) is 10.2. The van der Waals surface area contributed by atoms with Crippen LogP contribution in [0.4, 0.5) is 5.69 Å². The van der Waals surface area contributed by atoms with Crippen molar-refractivity contribution in [3.05, 3.63) is 29.3 Å². The maximum atomic E-state index is 13.6. The molecule has 3 saturated heterocycles. The van der Waals surface area contributed by atoms with Gasteiger partial charge in [-0.1, -0.05) is 30.7 Å². The largest absolute Gasteiger partial charge is 0.396 e. The summed E-state index contributed by atoms with van der Waals surface area (Å²) >= 11 is 7.86. The quantitative estimate of drug-likeness (QED) is 0.612. The van der Waals surface area contributed by atoms with Crippen molar-refractivity contribution in [2.45, 2.75) is 35.8 Å². The van der Waals surface area contributed by atoms with Crippen LogP contribution in [0.3, 0.4) is 0 Å². The van der Waals surface area contributed by atoms with Crippen molar-refractivity contribution < 1.29 is 19.5 Å². The van der Waals surface area contributed by atoms with E-state index in [1.54, 1.807) is 48.0 Å². The van der Waals surface area contributed by atoms with Crippen molar-refractivity contribution in [3.63, 3.8) is 0 Å². The Kier molecular flexibility index (Phi) is 5.76. The molecule has 3 aliphatic heterocycles. The maximum Gasteiger partial charge on any atom is 0.248 e. The summed E-state index contributed by atoms with van der Waals surface area (Å²) in [5.74, 6) is -1.50. The average molecular weight is 452 g/mol. The number of para-hydroxylation sites is 1. The van der Waals surface area contributed by atoms with Gasteiger partial charge in [0.2, 0.25) is 17.7 Å². The van der Waals surface area contributed by atoms with Crippen LogP contribution in [-0.4, -0.2) is 64.0 Å². The van der Waals surface area contributed by atoms with E-state index in [1.807, 2.05) is 0 Å². The molecule has 7 nitrogen and oxygen atoms in total. The molecule has 3 N–H and O–H groups in total. The molecule has 4 rings (SSSR count). The Balaban J connectivity index is 1.74. The highest BCUT2D eigenvalue weighted by atomic mass is 35.5. The number of anilines is 1. The lowest BCUT2D eigenvalue weighted by molar-refractivity contribution is -0.139. The Hall–Kier alpha value is -1.77. The van der Waals surface area contributed by atoms with Gasteiger partial charge in [0, 0.05) is 25.4 Å². The minimum atomic E-state index is -0.725. The zero-order valence-electron chi connectivity index (χ0n) is 16.9. The summed E-state index contributed by atoms with van der Waals surface area (Å²) in [5.41, 5.74) is 0.492. The van der Waals surface area contributed by atoms with Crippen LogP contribution in [0.5, 0.6) is 0 Å². The topological polar surface area (TPSA) is 98.7 Å². The van der Waals surface area contributed by atoms with Gasteiger partial charge in [0.15, 0.2) is 0 Å². The van der Waals surface area contributed by atoms with Crippen molar-refractivity contribution in [2.75, 3.05) is 25.5 Å². The molecule has 162 valence electrons. The zero-order valence-corrected chi connectivity index (χ0v) is 18.5. The Bertz CT molecular complexity index is 884. The van der Waals surface area contributed by atoms with Gasteiger partial charge in [0.25, 0.3) is 0 Å². The summed E-state index contributed by atoms with van der Waals surface area (Å²) in [6.07, 6.45) is 1.16. The SMILES string of the molecule is CNC(=O)[C@@H]1[C@@H]2CC(C)C3(S2)C(C(=O)Nc2ccccc2Cl)N(CCCO)C(=O)[C@H]13. The van der Waals surface area contributed by atoms with Crippen molar-refractivity contribution in [1.29, 1.82) is 0 Å². The molecule has 0 aromatic heterocycles. The molecule has 3 heterocycles. The van der Waals surface area contributed by atoms with E-state index in [0.717, 1.165) is 6.42 Å². The zero-order chi connectivity index (χ0) is 21.6. The van der Waals surface area contributed by atoms with E-state index in [1.165, 1.54) is 0 Å². The van der Waals surface area contributed by atoms with Crippen LogP contribution in [0.25, 0.3) is 0 Å². The highest BCUT2D eigenvalue weighted by Gasteiger charge is 2.75. The number of halogens is 1. The molecule has 1 aromatic carbocycles. The number of thioether (sulfide) groups is 1. The summed E-state index contributed by atoms with van der Waals surface area (Å²) in [6.45, 7) is 2.26. The molecule has 6 atom stereocenters. The van der Waals surface area contributed by atoms with Crippen molar-refractivity contribution >= 4 is 46.8 Å². The normalized spacial score (nSPS) is 34.2. The van der Waals surface area contributed by atoms with Gasteiger partial charge in [-0.15, -0.1) is 11.8 Å². The van der Waals surface area contributed by atoms with Gasteiger partial charge < -0.3 is 20.6 Å². The van der Waals surface area contributed by atoms with Crippen molar-refractivity contribution in [2.24, 2.45) is 17.8 Å². The maximum absolute atomic E-state index is 13.6. The lowest BCUT2D eigenvalue weighted by Gasteiger charge is -2.38. The van der Waals surface area contributed by atoms with Crippen LogP contribution in [0.1, 0.15) is 19.8 Å². The molecule has 30 heavy (non-hydrogen) atoms. The number of nitrogens with one attached hydrogen (secondary N) is 2. The van der Waals surface area contributed by atoms with Crippen LogP contribution >= 0.6 is 23.4 Å². The number of nitrogens with zero attached hydrogens (tertiary/aromatic N) is 1. The fourth-order valence-corrected chi connectivity index (χ4v) is 8.14. The van der Waals surface area contributed by atoms with Crippen molar-refractivity contribution in [3.8, 4) is 0 Å². The van der Waals surface area contributed by atoms with Gasteiger partial charge in [-0.2, -0.15) is 0 Å². The number of carbonyl (C=O) groups excluding carboxylic acids is 3. The van der Waals surface area contributed by atoms with Gasteiger partial charge in [0.1, 0.15) is 6.04 Å². The predicted molar refractivity (Wildman–Crippen MR) is 116 cm³/mol. The Morgan fingerprint density at radius 1 is 1.33 bits per heavy atom. The first-order valence-corrected chi connectivity index (χ1v) is 11.5. The van der Waals surface area contributed by atoms with E-state index in [0.29, 0.717) is 17.1 Å². The third-order valence-electron chi connectivity index (χ3n) is 6.73. The fraction of sp³-hybridized carbons (Fsp3) is 0.571. The van der Waals surface area contributed by atoms with Crippen LogP contribution in [0.2, 0.25) is 5.02 Å². The minimum absolute atomic E-state index is 0.0181. The van der Waals surface area contributed by atoms with Gasteiger partial charge in [-0.3, -0.25) is 14.4 Å². The molecule has 3 amide bonds.